The number of aromatic nitrogens is 2. The van der Waals surface area contributed by atoms with Crippen LogP contribution >= 0.6 is 27.3 Å². The Bertz CT molecular complexity index is 1140. The van der Waals surface area contributed by atoms with Gasteiger partial charge in [-0.2, -0.15) is 0 Å². The van der Waals surface area contributed by atoms with Crippen molar-refractivity contribution in [3.05, 3.63) is 85.7 Å². The van der Waals surface area contributed by atoms with Crippen molar-refractivity contribution in [3.63, 3.8) is 0 Å². The fourth-order valence-electron chi connectivity index (χ4n) is 3.10. The van der Waals surface area contributed by atoms with E-state index >= 15 is 0 Å². The molecule has 130 valence electrons. The maximum Gasteiger partial charge on any atom is 0.263 e. The van der Waals surface area contributed by atoms with Gasteiger partial charge in [0, 0.05) is 14.9 Å². The number of aryl methyl sites for hydroxylation is 2. The highest BCUT2D eigenvalue weighted by Gasteiger charge is 2.17. The van der Waals surface area contributed by atoms with Gasteiger partial charge in [-0.15, -0.1) is 11.3 Å². The van der Waals surface area contributed by atoms with Gasteiger partial charge in [0.1, 0.15) is 4.83 Å². The molecule has 5 heteroatoms. The molecule has 0 aliphatic heterocycles. The lowest BCUT2D eigenvalue weighted by Crippen LogP contribution is -2.21. The number of rotatable bonds is 3. The highest BCUT2D eigenvalue weighted by atomic mass is 79.9. The minimum Gasteiger partial charge on any atom is -0.294 e. The van der Waals surface area contributed by atoms with Crippen LogP contribution in [0.15, 0.2) is 64.1 Å². The van der Waals surface area contributed by atoms with Gasteiger partial charge in [-0.05, 0) is 37.1 Å². The largest absolute Gasteiger partial charge is 0.294 e. The molecule has 0 spiro atoms. The van der Waals surface area contributed by atoms with Crippen molar-refractivity contribution >= 4 is 37.5 Å². The average Bonchev–Trinajstić information content (AvgIpc) is 2.97. The Morgan fingerprint density at radius 3 is 2.42 bits per heavy atom. The van der Waals surface area contributed by atoms with Crippen molar-refractivity contribution in [2.75, 3.05) is 0 Å². The lowest BCUT2D eigenvalue weighted by molar-refractivity contribution is 0.749. The minimum atomic E-state index is 0.0119. The summed E-state index contributed by atoms with van der Waals surface area (Å²) in [5.74, 6) is 0. The maximum atomic E-state index is 13.2. The first-order valence-electron chi connectivity index (χ1n) is 8.33. The third kappa shape index (κ3) is 3.13. The molecule has 2 heterocycles. The number of thiophene rings is 1. The van der Waals surface area contributed by atoms with Gasteiger partial charge in [-0.1, -0.05) is 57.9 Å². The van der Waals surface area contributed by atoms with E-state index in [9.17, 15) is 4.79 Å². The third-order valence-electron chi connectivity index (χ3n) is 4.46. The molecule has 0 saturated carbocycles. The molecule has 0 aliphatic rings. The Morgan fingerprint density at radius 1 is 1.04 bits per heavy atom. The van der Waals surface area contributed by atoms with Crippen LogP contribution in [0.1, 0.15) is 16.0 Å². The van der Waals surface area contributed by atoms with E-state index in [-0.39, 0.29) is 5.56 Å². The summed E-state index contributed by atoms with van der Waals surface area (Å²) >= 11 is 5.02. The Labute approximate surface area is 164 Å². The summed E-state index contributed by atoms with van der Waals surface area (Å²) < 4.78 is 2.72. The third-order valence-corrected chi connectivity index (χ3v) is 6.00. The fourth-order valence-corrected chi connectivity index (χ4v) is 4.37. The normalized spacial score (nSPS) is 11.2. The zero-order valence-corrected chi connectivity index (χ0v) is 16.9. The Hall–Kier alpha value is -2.24. The van der Waals surface area contributed by atoms with E-state index in [2.05, 4.69) is 59.0 Å². The molecule has 26 heavy (non-hydrogen) atoms. The SMILES string of the molecule is Cc1ccc(-c2c(C)sc3ncn(Cc4ccc(Br)cc4)c(=O)c23)cc1. The maximum absolute atomic E-state index is 13.2. The van der Waals surface area contributed by atoms with Crippen LogP contribution in [-0.4, -0.2) is 9.55 Å². The number of hydrogen-bond donors (Lipinski definition) is 0. The predicted molar refractivity (Wildman–Crippen MR) is 112 cm³/mol. The molecular formula is C21H17BrN2OS. The van der Waals surface area contributed by atoms with Crippen LogP contribution in [0.4, 0.5) is 0 Å². The molecule has 2 aromatic heterocycles. The van der Waals surface area contributed by atoms with Crippen molar-refractivity contribution in [2.24, 2.45) is 0 Å². The Balaban J connectivity index is 1.86. The first-order chi connectivity index (χ1) is 12.5. The molecule has 3 nitrogen and oxygen atoms in total. The van der Waals surface area contributed by atoms with Crippen molar-refractivity contribution in [2.45, 2.75) is 20.4 Å². The van der Waals surface area contributed by atoms with Crippen LogP contribution in [-0.2, 0) is 6.54 Å². The summed E-state index contributed by atoms with van der Waals surface area (Å²) in [6.07, 6.45) is 1.65. The van der Waals surface area contributed by atoms with E-state index in [1.807, 2.05) is 24.3 Å². The summed E-state index contributed by atoms with van der Waals surface area (Å²) in [4.78, 5) is 19.7. The van der Waals surface area contributed by atoms with Gasteiger partial charge >= 0.3 is 0 Å². The molecule has 2 aromatic carbocycles. The molecular weight excluding hydrogens is 408 g/mol. The standard InChI is InChI=1S/C21H17BrN2OS/c1-13-3-7-16(8-4-13)18-14(2)26-20-19(18)21(25)24(12-23-20)11-15-5-9-17(22)10-6-15/h3-10,12H,11H2,1-2H3. The quantitative estimate of drug-likeness (QED) is 0.431. The topological polar surface area (TPSA) is 34.9 Å². The minimum absolute atomic E-state index is 0.0119. The first kappa shape index (κ1) is 17.2. The van der Waals surface area contributed by atoms with Gasteiger partial charge in [-0.25, -0.2) is 4.98 Å². The summed E-state index contributed by atoms with van der Waals surface area (Å²) in [6.45, 7) is 4.63. The Kier molecular flexibility index (Phi) is 4.51. The molecule has 0 N–H and O–H groups in total. The van der Waals surface area contributed by atoms with Crippen molar-refractivity contribution in [1.82, 2.24) is 9.55 Å². The van der Waals surface area contributed by atoms with Gasteiger partial charge in [0.2, 0.25) is 0 Å². The second-order valence-corrected chi connectivity index (χ2v) is 8.50. The number of hydrogen-bond acceptors (Lipinski definition) is 3. The number of fused-ring (bicyclic) bond motifs is 1. The van der Waals surface area contributed by atoms with Gasteiger partial charge in [0.15, 0.2) is 0 Å². The summed E-state index contributed by atoms with van der Waals surface area (Å²) in [6, 6.07) is 16.3. The number of halogens is 1. The van der Waals surface area contributed by atoms with Crippen LogP contribution in [0.3, 0.4) is 0 Å². The van der Waals surface area contributed by atoms with Gasteiger partial charge in [0.05, 0.1) is 18.3 Å². The highest BCUT2D eigenvalue weighted by molar-refractivity contribution is 9.10. The van der Waals surface area contributed by atoms with Crippen molar-refractivity contribution in [1.29, 1.82) is 0 Å². The number of benzene rings is 2. The zero-order valence-electron chi connectivity index (χ0n) is 14.5. The van der Waals surface area contributed by atoms with Crippen molar-refractivity contribution < 1.29 is 0 Å². The second-order valence-electron chi connectivity index (χ2n) is 6.38. The van der Waals surface area contributed by atoms with E-state index < -0.39 is 0 Å². The van der Waals surface area contributed by atoms with E-state index in [0.29, 0.717) is 6.54 Å². The molecule has 0 aliphatic carbocycles. The molecule has 0 atom stereocenters. The van der Waals surface area contributed by atoms with Crippen LogP contribution < -0.4 is 5.56 Å². The number of nitrogens with zero attached hydrogens (tertiary/aromatic N) is 2. The van der Waals surface area contributed by atoms with Gasteiger partial charge < -0.3 is 0 Å². The molecule has 4 aromatic rings. The molecule has 4 rings (SSSR count). The van der Waals surface area contributed by atoms with E-state index in [4.69, 9.17) is 0 Å². The summed E-state index contributed by atoms with van der Waals surface area (Å²) in [7, 11) is 0. The Morgan fingerprint density at radius 2 is 1.73 bits per heavy atom. The molecule has 0 amide bonds. The summed E-state index contributed by atoms with van der Waals surface area (Å²) in [5.41, 5.74) is 4.36. The smallest absolute Gasteiger partial charge is 0.263 e. The fraction of sp³-hybridized carbons (Fsp3) is 0.143. The van der Waals surface area contributed by atoms with Crippen LogP contribution in [0, 0.1) is 13.8 Å². The van der Waals surface area contributed by atoms with Crippen LogP contribution in [0.5, 0.6) is 0 Å². The summed E-state index contributed by atoms with van der Waals surface area (Å²) in [5, 5.41) is 0.718. The highest BCUT2D eigenvalue weighted by Crippen LogP contribution is 2.35. The van der Waals surface area contributed by atoms with Gasteiger partial charge in [0.25, 0.3) is 5.56 Å². The lowest BCUT2D eigenvalue weighted by Gasteiger charge is -2.07. The first-order valence-corrected chi connectivity index (χ1v) is 9.94. The average molecular weight is 425 g/mol. The lowest BCUT2D eigenvalue weighted by atomic mass is 10.0. The zero-order chi connectivity index (χ0) is 18.3. The molecule has 0 unspecified atom stereocenters. The molecule has 0 fully saturated rings. The van der Waals surface area contributed by atoms with E-state index in [0.717, 1.165) is 36.3 Å². The van der Waals surface area contributed by atoms with E-state index in [1.165, 1.54) is 5.56 Å². The van der Waals surface area contributed by atoms with Crippen LogP contribution in [0.2, 0.25) is 0 Å². The van der Waals surface area contributed by atoms with Crippen LogP contribution in [0.25, 0.3) is 21.3 Å². The molecule has 0 radical (unpaired) electrons. The predicted octanol–water partition coefficient (Wildman–Crippen LogP) is 5.55. The van der Waals surface area contributed by atoms with E-state index in [1.54, 1.807) is 22.2 Å². The molecule has 0 saturated heterocycles. The molecule has 0 bridgehead atoms. The van der Waals surface area contributed by atoms with Gasteiger partial charge in [-0.3, -0.25) is 9.36 Å². The monoisotopic (exact) mass is 424 g/mol. The second kappa shape index (κ2) is 6.82. The van der Waals surface area contributed by atoms with Crippen molar-refractivity contribution in [3.8, 4) is 11.1 Å².